The molecule has 0 N–H and O–H groups in total. The third-order valence-corrected chi connectivity index (χ3v) is 4.93. The fourth-order valence-corrected chi connectivity index (χ4v) is 3.48. The molecule has 0 aliphatic carbocycles. The molecule has 6 heteroatoms. The van der Waals surface area contributed by atoms with Crippen LogP contribution in [0.1, 0.15) is 19.4 Å². The van der Waals surface area contributed by atoms with Gasteiger partial charge in [0, 0.05) is 23.2 Å². The first-order chi connectivity index (χ1) is 14.0. The molecule has 0 fully saturated rings. The van der Waals surface area contributed by atoms with E-state index >= 15 is 0 Å². The first-order valence-corrected chi connectivity index (χ1v) is 10.0. The Labute approximate surface area is 175 Å². The zero-order chi connectivity index (χ0) is 21.0. The molecule has 0 bridgehead atoms. The molecule has 1 heterocycles. The number of hydrogen-bond acceptors (Lipinski definition) is 4. The Morgan fingerprint density at radius 2 is 1.45 bits per heavy atom. The van der Waals surface area contributed by atoms with E-state index in [0.29, 0.717) is 17.8 Å². The van der Waals surface area contributed by atoms with Crippen LogP contribution in [0.2, 0.25) is 0 Å². The fourth-order valence-electron chi connectivity index (χ4n) is 3.23. The monoisotopic (exact) mass is 412 g/mol. The number of hydrogen-bond donors (Lipinski definition) is 0. The van der Waals surface area contributed by atoms with Crippen LogP contribution in [-0.2, 0) is 12.4 Å². The van der Waals surface area contributed by atoms with E-state index in [4.69, 9.17) is 26.2 Å². The van der Waals surface area contributed by atoms with Crippen LogP contribution in [0.5, 0.6) is 11.5 Å². The Kier molecular flexibility index (Phi) is 6.60. The lowest BCUT2D eigenvalue weighted by Crippen LogP contribution is -2.29. The first kappa shape index (κ1) is 20.9. The van der Waals surface area contributed by atoms with Crippen molar-refractivity contribution in [3.63, 3.8) is 0 Å². The van der Waals surface area contributed by atoms with Gasteiger partial charge in [0.1, 0.15) is 11.5 Å². The van der Waals surface area contributed by atoms with Gasteiger partial charge in [0.15, 0.2) is 0 Å². The highest BCUT2D eigenvalue weighted by molar-refractivity contribution is 6.17. The van der Waals surface area contributed by atoms with Gasteiger partial charge in [-0.15, -0.1) is 11.6 Å². The quantitative estimate of drug-likeness (QED) is 0.513. The molecular formula is C23H25ClN2O3. The van der Waals surface area contributed by atoms with E-state index in [9.17, 15) is 4.79 Å². The Morgan fingerprint density at radius 3 is 1.90 bits per heavy atom. The summed E-state index contributed by atoms with van der Waals surface area (Å²) in [4.78, 5) is 13.1. The van der Waals surface area contributed by atoms with E-state index in [-0.39, 0.29) is 17.4 Å². The van der Waals surface area contributed by atoms with Crippen molar-refractivity contribution in [3.8, 4) is 33.9 Å². The largest absolute Gasteiger partial charge is 0.497 e. The van der Waals surface area contributed by atoms with Crippen molar-refractivity contribution in [2.24, 2.45) is 5.92 Å². The normalized spacial score (nSPS) is 11.0. The van der Waals surface area contributed by atoms with Gasteiger partial charge in [0.2, 0.25) is 0 Å². The zero-order valence-electron chi connectivity index (χ0n) is 17.1. The Balaban J connectivity index is 2.29. The van der Waals surface area contributed by atoms with Crippen LogP contribution >= 0.6 is 11.6 Å². The van der Waals surface area contributed by atoms with Crippen molar-refractivity contribution < 1.29 is 9.47 Å². The van der Waals surface area contributed by atoms with Crippen LogP contribution in [0.25, 0.3) is 22.4 Å². The third-order valence-electron chi connectivity index (χ3n) is 4.67. The van der Waals surface area contributed by atoms with Gasteiger partial charge in [0.05, 0.1) is 25.8 Å². The maximum absolute atomic E-state index is 13.1. The average molecular weight is 413 g/mol. The minimum atomic E-state index is -0.156. The summed E-state index contributed by atoms with van der Waals surface area (Å²) in [5.41, 5.74) is 3.61. The molecule has 0 radical (unpaired) electrons. The molecule has 0 spiro atoms. The van der Waals surface area contributed by atoms with Gasteiger partial charge in [-0.1, -0.05) is 26.0 Å². The molecule has 152 valence electrons. The second-order valence-electron chi connectivity index (χ2n) is 7.17. The molecule has 1 aromatic heterocycles. The fraction of sp³-hybridized carbons (Fsp3) is 0.304. The highest BCUT2D eigenvalue weighted by atomic mass is 35.5. The molecule has 5 nitrogen and oxygen atoms in total. The van der Waals surface area contributed by atoms with Crippen LogP contribution in [0.4, 0.5) is 0 Å². The van der Waals surface area contributed by atoms with Gasteiger partial charge in [-0.05, 0) is 47.9 Å². The summed E-state index contributed by atoms with van der Waals surface area (Å²) in [5, 5.41) is 4.74. The molecule has 0 unspecified atom stereocenters. The van der Waals surface area contributed by atoms with Gasteiger partial charge in [0.25, 0.3) is 5.56 Å². The number of rotatable bonds is 7. The topological polar surface area (TPSA) is 53.4 Å². The molecule has 3 aromatic rings. The number of alkyl halides is 1. The summed E-state index contributed by atoms with van der Waals surface area (Å²) in [6, 6.07) is 15.2. The van der Waals surface area contributed by atoms with Crippen LogP contribution in [-0.4, -0.2) is 24.0 Å². The Hall–Kier alpha value is -2.79. The SMILES string of the molecule is COc1ccc(-c2nn(CC(C)C)c(=O)c(CCl)c2-c2ccc(OC)cc2)cc1. The average Bonchev–Trinajstić information content (AvgIpc) is 2.74. The van der Waals surface area contributed by atoms with Gasteiger partial charge >= 0.3 is 0 Å². The molecule has 3 rings (SSSR count). The first-order valence-electron chi connectivity index (χ1n) is 9.47. The summed E-state index contributed by atoms with van der Waals surface area (Å²) < 4.78 is 12.1. The highest BCUT2D eigenvalue weighted by Gasteiger charge is 2.20. The summed E-state index contributed by atoms with van der Waals surface area (Å²) in [7, 11) is 3.25. The molecule has 0 aliphatic heterocycles. The number of nitrogens with zero attached hydrogens (tertiary/aromatic N) is 2. The molecule has 0 atom stereocenters. The van der Waals surface area contributed by atoms with Crippen LogP contribution in [0, 0.1) is 5.92 Å². The molecular weight excluding hydrogens is 388 g/mol. The van der Waals surface area contributed by atoms with Crippen molar-refractivity contribution in [2.45, 2.75) is 26.3 Å². The standard InChI is InChI=1S/C23H25ClN2O3/c1-15(2)14-26-23(27)20(13-24)21(16-5-9-18(28-3)10-6-16)22(25-26)17-7-11-19(29-4)12-8-17/h5-12,15H,13-14H2,1-4H3. The van der Waals surface area contributed by atoms with E-state index in [2.05, 4.69) is 13.8 Å². The van der Waals surface area contributed by atoms with E-state index in [1.54, 1.807) is 14.2 Å². The van der Waals surface area contributed by atoms with Crippen molar-refractivity contribution in [1.82, 2.24) is 9.78 Å². The lowest BCUT2D eigenvalue weighted by molar-refractivity contribution is 0.414. The van der Waals surface area contributed by atoms with E-state index in [1.165, 1.54) is 4.68 Å². The molecule has 2 aromatic carbocycles. The van der Waals surface area contributed by atoms with Gasteiger partial charge in [-0.2, -0.15) is 5.10 Å². The van der Waals surface area contributed by atoms with Crippen LogP contribution in [0.15, 0.2) is 53.3 Å². The summed E-state index contributed by atoms with van der Waals surface area (Å²) in [6.45, 7) is 4.63. The summed E-state index contributed by atoms with van der Waals surface area (Å²) >= 11 is 6.28. The minimum Gasteiger partial charge on any atom is -0.497 e. The molecule has 29 heavy (non-hydrogen) atoms. The van der Waals surface area contributed by atoms with E-state index < -0.39 is 0 Å². The third kappa shape index (κ3) is 4.46. The molecule has 0 amide bonds. The number of methoxy groups -OCH3 is 2. The van der Waals surface area contributed by atoms with Gasteiger partial charge < -0.3 is 9.47 Å². The smallest absolute Gasteiger partial charge is 0.271 e. The van der Waals surface area contributed by atoms with E-state index in [1.807, 2.05) is 48.5 Å². The number of aromatic nitrogens is 2. The van der Waals surface area contributed by atoms with Crippen molar-refractivity contribution in [1.29, 1.82) is 0 Å². The Bertz CT molecular complexity index is 1030. The van der Waals surface area contributed by atoms with E-state index in [0.717, 1.165) is 28.2 Å². The summed E-state index contributed by atoms with van der Waals surface area (Å²) in [5.74, 6) is 1.88. The maximum Gasteiger partial charge on any atom is 0.271 e. The van der Waals surface area contributed by atoms with Crippen LogP contribution < -0.4 is 15.0 Å². The predicted octanol–water partition coefficient (Wildman–Crippen LogP) is 4.99. The lowest BCUT2D eigenvalue weighted by Gasteiger charge is -2.18. The number of ether oxygens (including phenoxy) is 2. The molecule has 0 saturated heterocycles. The number of benzene rings is 2. The molecule has 0 saturated carbocycles. The predicted molar refractivity (Wildman–Crippen MR) is 117 cm³/mol. The number of halogens is 1. The van der Waals surface area contributed by atoms with Crippen molar-refractivity contribution in [2.75, 3.05) is 14.2 Å². The second-order valence-corrected chi connectivity index (χ2v) is 7.44. The van der Waals surface area contributed by atoms with Gasteiger partial charge in [-0.3, -0.25) is 4.79 Å². The maximum atomic E-state index is 13.1. The van der Waals surface area contributed by atoms with Crippen molar-refractivity contribution in [3.05, 3.63) is 64.4 Å². The van der Waals surface area contributed by atoms with Gasteiger partial charge in [-0.25, -0.2) is 4.68 Å². The second kappa shape index (κ2) is 9.14. The zero-order valence-corrected chi connectivity index (χ0v) is 17.9. The molecule has 0 aliphatic rings. The van der Waals surface area contributed by atoms with Crippen molar-refractivity contribution >= 4 is 11.6 Å². The Morgan fingerprint density at radius 1 is 0.931 bits per heavy atom. The summed E-state index contributed by atoms with van der Waals surface area (Å²) in [6.07, 6.45) is 0. The van der Waals surface area contributed by atoms with Crippen LogP contribution in [0.3, 0.4) is 0 Å². The highest BCUT2D eigenvalue weighted by Crippen LogP contribution is 2.34. The minimum absolute atomic E-state index is 0.101. The lowest BCUT2D eigenvalue weighted by atomic mass is 9.96.